The van der Waals surface area contributed by atoms with Crippen molar-refractivity contribution in [2.45, 2.75) is 32.1 Å². The van der Waals surface area contributed by atoms with Crippen molar-refractivity contribution in [2.75, 3.05) is 53.5 Å². The van der Waals surface area contributed by atoms with E-state index < -0.39 is 0 Å². The van der Waals surface area contributed by atoms with Crippen LogP contribution in [0.5, 0.6) is 0 Å². The summed E-state index contributed by atoms with van der Waals surface area (Å²) in [5.41, 5.74) is -0.313. The van der Waals surface area contributed by atoms with Crippen LogP contribution in [-0.4, -0.2) is 64.3 Å². The molecule has 21 heavy (non-hydrogen) atoms. The molecule has 2 N–H and O–H groups in total. The number of carbonyl (C=O) groups is 1. The van der Waals surface area contributed by atoms with E-state index in [0.29, 0.717) is 6.61 Å². The lowest BCUT2D eigenvalue weighted by atomic mass is 9.78. The van der Waals surface area contributed by atoms with Gasteiger partial charge in [0.2, 0.25) is 5.91 Å². The first kappa shape index (κ1) is 16.7. The maximum atomic E-state index is 12.6. The topological polar surface area (TPSA) is 53.6 Å². The third kappa shape index (κ3) is 4.66. The lowest BCUT2D eigenvalue weighted by Gasteiger charge is -2.36. The van der Waals surface area contributed by atoms with E-state index in [2.05, 4.69) is 22.6 Å². The molecule has 0 aromatic carbocycles. The second-order valence-corrected chi connectivity index (χ2v) is 6.75. The minimum absolute atomic E-state index is 0.193. The molecule has 0 bridgehead atoms. The first-order valence-corrected chi connectivity index (χ1v) is 8.33. The highest BCUT2D eigenvalue weighted by Crippen LogP contribution is 2.29. The van der Waals surface area contributed by atoms with E-state index in [9.17, 15) is 4.79 Å². The molecule has 0 saturated carbocycles. The molecule has 2 aliphatic heterocycles. The van der Waals surface area contributed by atoms with Gasteiger partial charge in [-0.2, -0.15) is 0 Å². The molecule has 5 nitrogen and oxygen atoms in total. The normalized spacial score (nSPS) is 23.9. The summed E-state index contributed by atoms with van der Waals surface area (Å²) >= 11 is 0. The number of amides is 1. The van der Waals surface area contributed by atoms with E-state index >= 15 is 0 Å². The number of rotatable bonds is 6. The molecule has 2 heterocycles. The van der Waals surface area contributed by atoms with Gasteiger partial charge in [-0.05, 0) is 71.2 Å². The van der Waals surface area contributed by atoms with Crippen molar-refractivity contribution in [2.24, 2.45) is 11.3 Å². The molecule has 2 aliphatic rings. The molecule has 5 heteroatoms. The number of piperidine rings is 2. The molecule has 122 valence electrons. The first-order chi connectivity index (χ1) is 10.2. The SMILES string of the molecule is COCC1(C(=O)NCCC2CCN(C)CC2)CCNCC1. The van der Waals surface area contributed by atoms with Crippen LogP contribution in [0, 0.1) is 11.3 Å². The van der Waals surface area contributed by atoms with Crippen LogP contribution < -0.4 is 10.6 Å². The molecular weight excluding hydrogens is 266 g/mol. The average molecular weight is 297 g/mol. The number of carbonyl (C=O) groups excluding carboxylic acids is 1. The van der Waals surface area contributed by atoms with Crippen LogP contribution in [0.15, 0.2) is 0 Å². The van der Waals surface area contributed by atoms with Gasteiger partial charge in [0.1, 0.15) is 0 Å². The highest BCUT2D eigenvalue weighted by atomic mass is 16.5. The number of methoxy groups -OCH3 is 1. The quantitative estimate of drug-likeness (QED) is 0.763. The minimum Gasteiger partial charge on any atom is -0.384 e. The van der Waals surface area contributed by atoms with E-state index in [4.69, 9.17) is 4.74 Å². The second-order valence-electron chi connectivity index (χ2n) is 6.75. The summed E-state index contributed by atoms with van der Waals surface area (Å²) in [4.78, 5) is 15.0. The Bertz CT molecular complexity index is 316. The van der Waals surface area contributed by atoms with Crippen molar-refractivity contribution in [1.82, 2.24) is 15.5 Å². The van der Waals surface area contributed by atoms with Gasteiger partial charge in [0.25, 0.3) is 0 Å². The van der Waals surface area contributed by atoms with Crippen molar-refractivity contribution in [3.8, 4) is 0 Å². The van der Waals surface area contributed by atoms with Gasteiger partial charge in [-0.3, -0.25) is 4.79 Å². The molecule has 2 fully saturated rings. The monoisotopic (exact) mass is 297 g/mol. The Hall–Kier alpha value is -0.650. The fourth-order valence-electron chi connectivity index (χ4n) is 3.55. The molecule has 0 atom stereocenters. The summed E-state index contributed by atoms with van der Waals surface area (Å²) in [6, 6.07) is 0. The summed E-state index contributed by atoms with van der Waals surface area (Å²) in [5, 5.41) is 6.50. The zero-order valence-corrected chi connectivity index (χ0v) is 13.6. The lowest BCUT2D eigenvalue weighted by molar-refractivity contribution is -0.136. The molecule has 0 aliphatic carbocycles. The first-order valence-electron chi connectivity index (χ1n) is 8.33. The zero-order valence-electron chi connectivity index (χ0n) is 13.6. The summed E-state index contributed by atoms with van der Waals surface area (Å²) < 4.78 is 5.32. The van der Waals surface area contributed by atoms with E-state index in [1.807, 2.05) is 0 Å². The summed E-state index contributed by atoms with van der Waals surface area (Å²) in [6.45, 7) is 5.55. The smallest absolute Gasteiger partial charge is 0.228 e. The van der Waals surface area contributed by atoms with Crippen LogP contribution in [0.3, 0.4) is 0 Å². The van der Waals surface area contributed by atoms with E-state index in [1.165, 1.54) is 25.9 Å². The molecule has 0 aromatic heterocycles. The third-order valence-corrected chi connectivity index (χ3v) is 5.14. The summed E-state index contributed by atoms with van der Waals surface area (Å²) in [6.07, 6.45) is 5.39. The molecular formula is C16H31N3O2. The summed E-state index contributed by atoms with van der Waals surface area (Å²) in [5.74, 6) is 0.965. The highest BCUT2D eigenvalue weighted by molar-refractivity contribution is 5.82. The molecule has 2 saturated heterocycles. The molecule has 1 amide bonds. The van der Waals surface area contributed by atoms with Gasteiger partial charge in [0.05, 0.1) is 12.0 Å². The standard InChI is InChI=1S/C16H31N3O2/c1-19-11-4-14(5-12-19)3-8-18-15(20)16(13-21-2)6-9-17-10-7-16/h14,17H,3-13H2,1-2H3,(H,18,20). The van der Waals surface area contributed by atoms with E-state index in [-0.39, 0.29) is 11.3 Å². The van der Waals surface area contributed by atoms with Crippen molar-refractivity contribution in [3.63, 3.8) is 0 Å². The number of nitrogens with zero attached hydrogens (tertiary/aromatic N) is 1. The van der Waals surface area contributed by atoms with Gasteiger partial charge in [-0.1, -0.05) is 0 Å². The average Bonchev–Trinajstić information content (AvgIpc) is 2.50. The van der Waals surface area contributed by atoms with Crippen LogP contribution >= 0.6 is 0 Å². The van der Waals surface area contributed by atoms with E-state index in [0.717, 1.165) is 44.8 Å². The molecule has 2 rings (SSSR count). The predicted octanol–water partition coefficient (Wildman–Crippen LogP) is 0.851. The van der Waals surface area contributed by atoms with Crippen LogP contribution in [0.1, 0.15) is 32.1 Å². The van der Waals surface area contributed by atoms with Gasteiger partial charge in [0, 0.05) is 13.7 Å². The zero-order chi connectivity index (χ0) is 15.1. The van der Waals surface area contributed by atoms with Gasteiger partial charge >= 0.3 is 0 Å². The Morgan fingerprint density at radius 1 is 1.33 bits per heavy atom. The Morgan fingerprint density at radius 2 is 2.00 bits per heavy atom. The van der Waals surface area contributed by atoms with Crippen LogP contribution in [-0.2, 0) is 9.53 Å². The number of ether oxygens (including phenoxy) is 1. The fourth-order valence-corrected chi connectivity index (χ4v) is 3.55. The molecule has 0 radical (unpaired) electrons. The van der Waals surface area contributed by atoms with Crippen LogP contribution in [0.25, 0.3) is 0 Å². The third-order valence-electron chi connectivity index (χ3n) is 5.14. The Labute approximate surface area is 128 Å². The second kappa shape index (κ2) is 8.11. The van der Waals surface area contributed by atoms with Crippen molar-refractivity contribution in [3.05, 3.63) is 0 Å². The maximum Gasteiger partial charge on any atom is 0.228 e. The number of hydrogen-bond acceptors (Lipinski definition) is 4. The number of hydrogen-bond donors (Lipinski definition) is 2. The van der Waals surface area contributed by atoms with E-state index in [1.54, 1.807) is 7.11 Å². The van der Waals surface area contributed by atoms with Crippen LogP contribution in [0.4, 0.5) is 0 Å². The van der Waals surface area contributed by atoms with Gasteiger partial charge in [-0.15, -0.1) is 0 Å². The van der Waals surface area contributed by atoms with Gasteiger partial charge in [-0.25, -0.2) is 0 Å². The van der Waals surface area contributed by atoms with Gasteiger partial charge in [0.15, 0.2) is 0 Å². The number of nitrogens with one attached hydrogen (secondary N) is 2. The van der Waals surface area contributed by atoms with Gasteiger partial charge < -0.3 is 20.3 Å². The molecule has 0 unspecified atom stereocenters. The maximum absolute atomic E-state index is 12.6. The Balaban J connectivity index is 1.74. The fraction of sp³-hybridized carbons (Fsp3) is 0.938. The molecule has 0 spiro atoms. The van der Waals surface area contributed by atoms with Crippen molar-refractivity contribution >= 4 is 5.91 Å². The predicted molar refractivity (Wildman–Crippen MR) is 84.3 cm³/mol. The Morgan fingerprint density at radius 3 is 2.62 bits per heavy atom. The van der Waals surface area contributed by atoms with Crippen molar-refractivity contribution in [1.29, 1.82) is 0 Å². The highest BCUT2D eigenvalue weighted by Gasteiger charge is 2.39. The molecule has 0 aromatic rings. The van der Waals surface area contributed by atoms with Crippen molar-refractivity contribution < 1.29 is 9.53 Å². The Kier molecular flexibility index (Phi) is 6.45. The largest absolute Gasteiger partial charge is 0.384 e. The summed E-state index contributed by atoms with van der Waals surface area (Å²) in [7, 11) is 3.87. The van der Waals surface area contributed by atoms with Crippen LogP contribution in [0.2, 0.25) is 0 Å². The number of likely N-dealkylation sites (tertiary alicyclic amines) is 1. The lowest BCUT2D eigenvalue weighted by Crippen LogP contribution is -2.50. The minimum atomic E-state index is -0.313.